The van der Waals surface area contributed by atoms with Crippen LogP contribution >= 0.6 is 31.9 Å². The zero-order chi connectivity index (χ0) is 11.1. The number of amides is 1. The molecule has 0 radical (unpaired) electrons. The van der Waals surface area contributed by atoms with Crippen molar-refractivity contribution >= 4 is 37.8 Å². The SMILES string of the molecule is O=C(NCc1ccccc1)C(CBr)CBr. The summed E-state index contributed by atoms with van der Waals surface area (Å²) in [7, 11) is 0. The van der Waals surface area contributed by atoms with Crippen molar-refractivity contribution in [2.45, 2.75) is 6.54 Å². The van der Waals surface area contributed by atoms with Crippen LogP contribution in [0.4, 0.5) is 0 Å². The average Bonchev–Trinajstić information content (AvgIpc) is 2.29. The van der Waals surface area contributed by atoms with Gasteiger partial charge in [0.25, 0.3) is 0 Å². The number of carbonyl (C=O) groups excluding carboxylic acids is 1. The van der Waals surface area contributed by atoms with Crippen LogP contribution in [0.2, 0.25) is 0 Å². The molecule has 0 unspecified atom stereocenters. The highest BCUT2D eigenvalue weighted by atomic mass is 79.9. The first-order valence-corrected chi connectivity index (χ1v) is 6.95. The molecular weight excluding hydrogens is 322 g/mol. The summed E-state index contributed by atoms with van der Waals surface area (Å²) in [5.74, 6) is 0.0707. The fraction of sp³-hybridized carbons (Fsp3) is 0.364. The van der Waals surface area contributed by atoms with E-state index in [9.17, 15) is 4.79 Å². The van der Waals surface area contributed by atoms with Gasteiger partial charge in [-0.2, -0.15) is 0 Å². The topological polar surface area (TPSA) is 29.1 Å². The van der Waals surface area contributed by atoms with E-state index >= 15 is 0 Å². The van der Waals surface area contributed by atoms with Gasteiger partial charge in [-0.05, 0) is 5.56 Å². The van der Waals surface area contributed by atoms with Crippen LogP contribution in [0.15, 0.2) is 30.3 Å². The molecule has 1 amide bonds. The summed E-state index contributed by atoms with van der Waals surface area (Å²) in [6.07, 6.45) is 0. The van der Waals surface area contributed by atoms with Gasteiger partial charge in [-0.25, -0.2) is 0 Å². The Balaban J connectivity index is 2.40. The predicted octanol–water partition coefficient (Wildman–Crippen LogP) is 2.71. The molecule has 1 aromatic carbocycles. The molecule has 0 aliphatic carbocycles. The van der Waals surface area contributed by atoms with Crippen LogP contribution in [0, 0.1) is 5.92 Å². The molecule has 2 nitrogen and oxygen atoms in total. The average molecular weight is 335 g/mol. The molecule has 0 saturated heterocycles. The van der Waals surface area contributed by atoms with E-state index in [0.29, 0.717) is 17.2 Å². The minimum absolute atomic E-state index is 0.00582. The maximum absolute atomic E-state index is 11.6. The summed E-state index contributed by atoms with van der Waals surface area (Å²) < 4.78 is 0. The third-order valence-electron chi connectivity index (χ3n) is 2.05. The summed E-state index contributed by atoms with van der Waals surface area (Å²) in [6.45, 7) is 0.593. The van der Waals surface area contributed by atoms with Crippen LogP contribution in [0.5, 0.6) is 0 Å². The number of rotatable bonds is 5. The van der Waals surface area contributed by atoms with Crippen LogP contribution < -0.4 is 5.32 Å². The van der Waals surface area contributed by atoms with Gasteiger partial charge in [0, 0.05) is 17.2 Å². The third kappa shape index (κ3) is 4.34. The maximum atomic E-state index is 11.6. The quantitative estimate of drug-likeness (QED) is 0.824. The molecule has 0 saturated carbocycles. The van der Waals surface area contributed by atoms with Crippen LogP contribution in [0.25, 0.3) is 0 Å². The van der Waals surface area contributed by atoms with Crippen molar-refractivity contribution in [3.8, 4) is 0 Å². The first-order chi connectivity index (χ1) is 7.27. The zero-order valence-corrected chi connectivity index (χ0v) is 11.4. The molecule has 0 spiro atoms. The number of nitrogens with one attached hydrogen (secondary N) is 1. The normalized spacial score (nSPS) is 10.3. The Hall–Kier alpha value is -0.350. The van der Waals surface area contributed by atoms with Crippen molar-refractivity contribution in [3.63, 3.8) is 0 Å². The van der Waals surface area contributed by atoms with Crippen LogP contribution in [0.3, 0.4) is 0 Å². The van der Waals surface area contributed by atoms with Gasteiger partial charge in [-0.15, -0.1) is 0 Å². The second-order valence-electron chi connectivity index (χ2n) is 3.21. The van der Waals surface area contributed by atoms with Crippen molar-refractivity contribution in [3.05, 3.63) is 35.9 Å². The fourth-order valence-electron chi connectivity index (χ4n) is 1.11. The number of carbonyl (C=O) groups is 1. The molecule has 1 aromatic rings. The lowest BCUT2D eigenvalue weighted by Crippen LogP contribution is -2.32. The van der Waals surface area contributed by atoms with Gasteiger partial charge in [-0.1, -0.05) is 62.2 Å². The monoisotopic (exact) mass is 333 g/mol. The molecule has 1 N–H and O–H groups in total. The number of hydrogen-bond acceptors (Lipinski definition) is 1. The number of benzene rings is 1. The summed E-state index contributed by atoms with van der Waals surface area (Å²) in [4.78, 5) is 11.6. The smallest absolute Gasteiger partial charge is 0.225 e. The Morgan fingerprint density at radius 1 is 1.20 bits per heavy atom. The Morgan fingerprint density at radius 3 is 2.33 bits per heavy atom. The van der Waals surface area contributed by atoms with E-state index < -0.39 is 0 Å². The standard InChI is InChI=1S/C11H13Br2NO/c12-6-10(7-13)11(15)14-8-9-4-2-1-3-5-9/h1-5,10H,6-8H2,(H,14,15). The molecule has 82 valence electrons. The lowest BCUT2D eigenvalue weighted by molar-refractivity contribution is -0.123. The summed E-state index contributed by atoms with van der Waals surface area (Å²) >= 11 is 6.62. The van der Waals surface area contributed by atoms with Crippen molar-refractivity contribution < 1.29 is 4.79 Å². The lowest BCUT2D eigenvalue weighted by Gasteiger charge is -2.11. The molecule has 0 atom stereocenters. The van der Waals surface area contributed by atoms with Crippen LogP contribution in [0.1, 0.15) is 5.56 Å². The second-order valence-corrected chi connectivity index (χ2v) is 4.50. The Kier molecular flexibility index (Phi) is 5.95. The Morgan fingerprint density at radius 2 is 1.80 bits per heavy atom. The van der Waals surface area contributed by atoms with Crippen molar-refractivity contribution in [2.75, 3.05) is 10.7 Å². The Bertz CT molecular complexity index is 299. The molecule has 0 aliphatic rings. The number of hydrogen-bond donors (Lipinski definition) is 1. The lowest BCUT2D eigenvalue weighted by atomic mass is 10.2. The van der Waals surface area contributed by atoms with E-state index in [1.807, 2.05) is 30.3 Å². The van der Waals surface area contributed by atoms with E-state index in [0.717, 1.165) is 5.56 Å². The van der Waals surface area contributed by atoms with E-state index in [-0.39, 0.29) is 11.8 Å². The highest BCUT2D eigenvalue weighted by Crippen LogP contribution is 2.06. The first kappa shape index (κ1) is 12.7. The second kappa shape index (κ2) is 7.01. The van der Waals surface area contributed by atoms with Crippen molar-refractivity contribution in [2.24, 2.45) is 5.92 Å². The predicted molar refractivity (Wildman–Crippen MR) is 69.4 cm³/mol. The Labute approximate surface area is 107 Å². The summed E-state index contributed by atoms with van der Waals surface area (Å²) in [5, 5.41) is 4.26. The maximum Gasteiger partial charge on any atom is 0.225 e. The van der Waals surface area contributed by atoms with Gasteiger partial charge >= 0.3 is 0 Å². The van der Waals surface area contributed by atoms with Gasteiger partial charge in [-0.3, -0.25) is 4.79 Å². The fourth-order valence-corrected chi connectivity index (χ4v) is 2.77. The van der Waals surface area contributed by atoms with Crippen molar-refractivity contribution in [1.82, 2.24) is 5.32 Å². The van der Waals surface area contributed by atoms with Crippen LogP contribution in [-0.4, -0.2) is 16.6 Å². The van der Waals surface area contributed by atoms with E-state index in [1.54, 1.807) is 0 Å². The number of halogens is 2. The van der Waals surface area contributed by atoms with E-state index in [2.05, 4.69) is 37.2 Å². The minimum Gasteiger partial charge on any atom is -0.352 e. The third-order valence-corrected chi connectivity index (χ3v) is 3.62. The van der Waals surface area contributed by atoms with Gasteiger partial charge in [0.1, 0.15) is 0 Å². The van der Waals surface area contributed by atoms with Gasteiger partial charge < -0.3 is 5.32 Å². The molecule has 15 heavy (non-hydrogen) atoms. The molecule has 1 rings (SSSR count). The largest absolute Gasteiger partial charge is 0.352 e. The molecule has 0 aromatic heterocycles. The molecule has 0 heterocycles. The van der Waals surface area contributed by atoms with Gasteiger partial charge in [0.05, 0.1) is 5.92 Å². The highest BCUT2D eigenvalue weighted by molar-refractivity contribution is 9.09. The van der Waals surface area contributed by atoms with Crippen molar-refractivity contribution in [1.29, 1.82) is 0 Å². The molecule has 0 bridgehead atoms. The molecule has 0 aliphatic heterocycles. The molecule has 4 heteroatoms. The number of alkyl halides is 2. The van der Waals surface area contributed by atoms with Gasteiger partial charge in [0.2, 0.25) is 5.91 Å². The minimum atomic E-state index is -0.00582. The van der Waals surface area contributed by atoms with Crippen LogP contribution in [-0.2, 0) is 11.3 Å². The summed E-state index contributed by atoms with van der Waals surface area (Å²) in [5.41, 5.74) is 1.12. The highest BCUT2D eigenvalue weighted by Gasteiger charge is 2.14. The zero-order valence-electron chi connectivity index (χ0n) is 8.25. The summed E-state index contributed by atoms with van der Waals surface area (Å²) in [6, 6.07) is 9.89. The molecular formula is C11H13Br2NO. The first-order valence-electron chi connectivity index (χ1n) is 4.71. The van der Waals surface area contributed by atoms with E-state index in [4.69, 9.17) is 0 Å². The molecule has 0 fully saturated rings. The van der Waals surface area contributed by atoms with Gasteiger partial charge in [0.15, 0.2) is 0 Å². The van der Waals surface area contributed by atoms with E-state index in [1.165, 1.54) is 0 Å².